The molecule has 0 saturated carbocycles. The second kappa shape index (κ2) is 4.60. The van der Waals surface area contributed by atoms with Crippen LogP contribution >= 0.6 is 0 Å². The van der Waals surface area contributed by atoms with Gasteiger partial charge >= 0.3 is 0 Å². The molecule has 0 fully saturated rings. The van der Waals surface area contributed by atoms with E-state index in [-0.39, 0.29) is 0 Å². The number of ether oxygens (including phenoxy) is 1. The summed E-state index contributed by atoms with van der Waals surface area (Å²) in [5.74, 6) is 0.929. The van der Waals surface area contributed by atoms with Crippen LogP contribution in [-0.4, -0.2) is 6.61 Å². The van der Waals surface area contributed by atoms with Crippen molar-refractivity contribution >= 4 is 0 Å². The van der Waals surface area contributed by atoms with Crippen LogP contribution in [0.2, 0.25) is 0 Å². The van der Waals surface area contributed by atoms with Crippen LogP contribution in [0.1, 0.15) is 13.8 Å². The van der Waals surface area contributed by atoms with Crippen molar-refractivity contribution in [2.75, 3.05) is 6.61 Å². The van der Waals surface area contributed by atoms with Crippen molar-refractivity contribution in [3.63, 3.8) is 0 Å². The highest BCUT2D eigenvalue weighted by molar-refractivity contribution is 5.21. The lowest BCUT2D eigenvalue weighted by atomic mass is 10.3. The average Bonchev–Trinajstić information content (AvgIpc) is 2.16. The van der Waals surface area contributed by atoms with E-state index in [1.165, 1.54) is 5.57 Å². The first-order chi connectivity index (χ1) is 5.83. The van der Waals surface area contributed by atoms with E-state index in [4.69, 9.17) is 4.74 Å². The van der Waals surface area contributed by atoms with Crippen LogP contribution in [0.3, 0.4) is 0 Å². The molecular weight excluding hydrogens is 148 g/mol. The molecule has 1 aromatic rings. The Morgan fingerprint density at radius 2 is 2.00 bits per heavy atom. The predicted molar refractivity (Wildman–Crippen MR) is 51.4 cm³/mol. The Morgan fingerprint density at radius 3 is 2.58 bits per heavy atom. The average molecular weight is 162 g/mol. The van der Waals surface area contributed by atoms with Gasteiger partial charge in [0.05, 0.1) is 0 Å². The summed E-state index contributed by atoms with van der Waals surface area (Å²) in [6.07, 6.45) is 2.06. The fourth-order valence-electron chi connectivity index (χ4n) is 0.797. The third-order valence-electron chi connectivity index (χ3n) is 1.70. The Hall–Kier alpha value is -1.24. The molecule has 1 rings (SSSR count). The Balaban J connectivity index is 2.44. The van der Waals surface area contributed by atoms with Crippen molar-refractivity contribution in [2.24, 2.45) is 0 Å². The monoisotopic (exact) mass is 162 g/mol. The Labute approximate surface area is 73.7 Å². The highest BCUT2D eigenvalue weighted by Crippen LogP contribution is 2.09. The van der Waals surface area contributed by atoms with Crippen molar-refractivity contribution in [1.82, 2.24) is 0 Å². The smallest absolute Gasteiger partial charge is 0.119 e. The summed E-state index contributed by atoms with van der Waals surface area (Å²) in [6, 6.07) is 9.85. The van der Waals surface area contributed by atoms with Crippen LogP contribution < -0.4 is 4.74 Å². The summed E-state index contributed by atoms with van der Waals surface area (Å²) in [5, 5.41) is 0. The van der Waals surface area contributed by atoms with Gasteiger partial charge in [0.2, 0.25) is 0 Å². The van der Waals surface area contributed by atoms with Crippen LogP contribution in [0.25, 0.3) is 0 Å². The highest BCUT2D eigenvalue weighted by atomic mass is 16.5. The first kappa shape index (κ1) is 8.85. The molecule has 0 bridgehead atoms. The molecule has 0 aliphatic heterocycles. The van der Waals surface area contributed by atoms with Gasteiger partial charge in [0.25, 0.3) is 0 Å². The van der Waals surface area contributed by atoms with Crippen LogP contribution in [0.15, 0.2) is 42.0 Å². The number of benzene rings is 1. The summed E-state index contributed by atoms with van der Waals surface area (Å²) in [5.41, 5.74) is 1.25. The molecule has 12 heavy (non-hydrogen) atoms. The van der Waals surface area contributed by atoms with Crippen LogP contribution in [-0.2, 0) is 0 Å². The number of rotatable bonds is 3. The predicted octanol–water partition coefficient (Wildman–Crippen LogP) is 3.03. The topological polar surface area (TPSA) is 9.23 Å². The Kier molecular flexibility index (Phi) is 3.39. The van der Waals surface area contributed by atoms with Gasteiger partial charge in [-0.1, -0.05) is 24.3 Å². The molecule has 0 unspecified atom stereocenters. The molecule has 0 radical (unpaired) electrons. The van der Waals surface area contributed by atoms with E-state index in [1.54, 1.807) is 0 Å². The van der Waals surface area contributed by atoms with Gasteiger partial charge in [-0.2, -0.15) is 0 Å². The van der Waals surface area contributed by atoms with E-state index in [1.807, 2.05) is 37.3 Å². The van der Waals surface area contributed by atoms with E-state index < -0.39 is 0 Å². The van der Waals surface area contributed by atoms with Crippen LogP contribution in [0.5, 0.6) is 5.75 Å². The third-order valence-corrected chi connectivity index (χ3v) is 1.70. The van der Waals surface area contributed by atoms with E-state index in [2.05, 4.69) is 13.0 Å². The van der Waals surface area contributed by atoms with Gasteiger partial charge in [-0.15, -0.1) is 0 Å². The largest absolute Gasteiger partial charge is 0.489 e. The normalized spacial score (nSPS) is 11.3. The van der Waals surface area contributed by atoms with Crippen molar-refractivity contribution in [2.45, 2.75) is 13.8 Å². The fourth-order valence-corrected chi connectivity index (χ4v) is 0.797. The molecule has 1 nitrogen and oxygen atoms in total. The summed E-state index contributed by atoms with van der Waals surface area (Å²) >= 11 is 0. The fraction of sp³-hybridized carbons (Fsp3) is 0.273. The van der Waals surface area contributed by atoms with Gasteiger partial charge in [0.15, 0.2) is 0 Å². The number of para-hydroxylation sites is 1. The van der Waals surface area contributed by atoms with Crippen molar-refractivity contribution in [3.05, 3.63) is 42.0 Å². The number of allylic oxidation sites excluding steroid dienone is 1. The van der Waals surface area contributed by atoms with Gasteiger partial charge in [-0.25, -0.2) is 0 Å². The molecule has 0 aliphatic rings. The second-order valence-corrected chi connectivity index (χ2v) is 2.74. The van der Waals surface area contributed by atoms with Crippen molar-refractivity contribution in [1.29, 1.82) is 0 Å². The van der Waals surface area contributed by atoms with Gasteiger partial charge < -0.3 is 4.74 Å². The summed E-state index contributed by atoms with van der Waals surface area (Å²) in [4.78, 5) is 0. The zero-order chi connectivity index (χ0) is 8.81. The summed E-state index contributed by atoms with van der Waals surface area (Å²) in [7, 11) is 0. The molecule has 0 spiro atoms. The van der Waals surface area contributed by atoms with E-state index in [0.717, 1.165) is 5.75 Å². The standard InChI is InChI=1S/C11H14O/c1-3-10(2)9-12-11-7-5-4-6-8-11/h3-8H,9H2,1-2H3/b10-3-. The minimum Gasteiger partial charge on any atom is -0.489 e. The highest BCUT2D eigenvalue weighted by Gasteiger charge is 1.90. The lowest BCUT2D eigenvalue weighted by Crippen LogP contribution is -1.97. The zero-order valence-corrected chi connectivity index (χ0v) is 7.58. The SMILES string of the molecule is C/C=C(/C)COc1ccccc1. The molecule has 64 valence electrons. The molecule has 0 aliphatic carbocycles. The van der Waals surface area contributed by atoms with E-state index in [9.17, 15) is 0 Å². The Morgan fingerprint density at radius 1 is 1.33 bits per heavy atom. The molecule has 1 heteroatoms. The zero-order valence-electron chi connectivity index (χ0n) is 7.58. The molecule has 0 amide bonds. The number of hydrogen-bond acceptors (Lipinski definition) is 1. The molecule has 0 N–H and O–H groups in total. The summed E-state index contributed by atoms with van der Waals surface area (Å²) < 4.78 is 5.49. The molecular formula is C11H14O. The summed E-state index contributed by atoms with van der Waals surface area (Å²) in [6.45, 7) is 4.76. The lowest BCUT2D eigenvalue weighted by Gasteiger charge is -2.04. The first-order valence-electron chi connectivity index (χ1n) is 4.12. The molecule has 0 atom stereocenters. The maximum Gasteiger partial charge on any atom is 0.119 e. The van der Waals surface area contributed by atoms with Crippen molar-refractivity contribution in [3.8, 4) is 5.75 Å². The van der Waals surface area contributed by atoms with Crippen LogP contribution in [0.4, 0.5) is 0 Å². The van der Waals surface area contributed by atoms with Gasteiger partial charge in [-0.3, -0.25) is 0 Å². The van der Waals surface area contributed by atoms with E-state index in [0.29, 0.717) is 6.61 Å². The van der Waals surface area contributed by atoms with Gasteiger partial charge in [-0.05, 0) is 31.6 Å². The molecule has 0 aromatic heterocycles. The van der Waals surface area contributed by atoms with Crippen LogP contribution in [0, 0.1) is 0 Å². The van der Waals surface area contributed by atoms with Gasteiger partial charge in [0, 0.05) is 0 Å². The molecule has 0 saturated heterocycles. The second-order valence-electron chi connectivity index (χ2n) is 2.74. The van der Waals surface area contributed by atoms with Gasteiger partial charge in [0.1, 0.15) is 12.4 Å². The quantitative estimate of drug-likeness (QED) is 0.621. The maximum atomic E-state index is 5.49. The molecule has 0 heterocycles. The first-order valence-corrected chi connectivity index (χ1v) is 4.12. The van der Waals surface area contributed by atoms with Crippen molar-refractivity contribution < 1.29 is 4.74 Å². The minimum absolute atomic E-state index is 0.681. The maximum absolute atomic E-state index is 5.49. The number of hydrogen-bond donors (Lipinski definition) is 0. The van der Waals surface area contributed by atoms with E-state index >= 15 is 0 Å². The lowest BCUT2D eigenvalue weighted by molar-refractivity contribution is 0.352. The Bertz CT molecular complexity index is 249. The third kappa shape index (κ3) is 2.79. The molecule has 1 aromatic carbocycles. The minimum atomic E-state index is 0.681.